The van der Waals surface area contributed by atoms with Gasteiger partial charge in [0.2, 0.25) is 0 Å². The van der Waals surface area contributed by atoms with Gasteiger partial charge in [0, 0.05) is 11.8 Å². The van der Waals surface area contributed by atoms with Crippen LogP contribution in [0.25, 0.3) is 10.9 Å². The van der Waals surface area contributed by atoms with E-state index >= 15 is 0 Å². The number of benzene rings is 2. The van der Waals surface area contributed by atoms with Crippen molar-refractivity contribution in [2.24, 2.45) is 5.73 Å². The number of para-hydroxylation sites is 1. The van der Waals surface area contributed by atoms with Crippen LogP contribution in [0.15, 0.2) is 48.5 Å². The first-order valence-corrected chi connectivity index (χ1v) is 8.28. The minimum absolute atomic E-state index is 0.170. The molecule has 2 aromatic carbocycles. The van der Waals surface area contributed by atoms with Crippen molar-refractivity contribution in [3.05, 3.63) is 65.5 Å². The summed E-state index contributed by atoms with van der Waals surface area (Å²) in [6.45, 7) is 2.08. The van der Waals surface area contributed by atoms with Crippen LogP contribution in [-0.4, -0.2) is 16.5 Å². The Balaban J connectivity index is 2.01. The maximum absolute atomic E-state index is 13.3. The molecule has 3 N–H and O–H groups in total. The topological polar surface area (TPSA) is 63.8 Å². The first-order chi connectivity index (χ1) is 12.4. The molecule has 1 aromatic heterocycles. The summed E-state index contributed by atoms with van der Waals surface area (Å²) in [4.78, 5) is 8.92. The molecular formula is C19H19F3N4. The third-order valence-corrected chi connectivity index (χ3v) is 4.10. The Hall–Kier alpha value is -2.67. The number of hydrogen-bond donors (Lipinski definition) is 2. The van der Waals surface area contributed by atoms with E-state index in [1.165, 1.54) is 12.1 Å². The first kappa shape index (κ1) is 18.1. The quantitative estimate of drug-likeness (QED) is 0.711. The van der Waals surface area contributed by atoms with Crippen molar-refractivity contribution in [3.8, 4) is 0 Å². The third-order valence-electron chi connectivity index (χ3n) is 4.10. The molecule has 7 heteroatoms. The van der Waals surface area contributed by atoms with Crippen LogP contribution < -0.4 is 11.1 Å². The molecule has 0 amide bonds. The minimum atomic E-state index is -4.41. The maximum atomic E-state index is 13.3. The largest absolute Gasteiger partial charge is 0.416 e. The lowest BCUT2D eigenvalue weighted by atomic mass is 10.0. The fourth-order valence-corrected chi connectivity index (χ4v) is 2.89. The zero-order chi connectivity index (χ0) is 18.7. The van der Waals surface area contributed by atoms with Crippen molar-refractivity contribution < 1.29 is 13.2 Å². The Kier molecular flexibility index (Phi) is 5.08. The number of nitrogens with two attached hydrogens (primary N) is 1. The summed E-state index contributed by atoms with van der Waals surface area (Å²) in [5.74, 6) is 1.06. The molecule has 0 aliphatic rings. The standard InChI is InChI=1S/C19H19F3N4/c1-12(13-6-2-4-8-15(13)19(20,21)22)24-18-14-7-3-5-9-16(14)25-17(26-18)10-11-23/h2-9,12H,10-11,23H2,1H3,(H,24,25,26)/t12-/m1/s1. The highest BCUT2D eigenvalue weighted by molar-refractivity contribution is 5.89. The van der Waals surface area contributed by atoms with Gasteiger partial charge in [-0.05, 0) is 37.2 Å². The van der Waals surface area contributed by atoms with Gasteiger partial charge in [-0.3, -0.25) is 0 Å². The second-order valence-electron chi connectivity index (χ2n) is 6.00. The Labute approximate surface area is 149 Å². The number of alkyl halides is 3. The van der Waals surface area contributed by atoms with Crippen LogP contribution in [0, 0.1) is 0 Å². The van der Waals surface area contributed by atoms with Gasteiger partial charge >= 0.3 is 6.18 Å². The number of nitrogens with zero attached hydrogens (tertiary/aromatic N) is 2. The van der Waals surface area contributed by atoms with E-state index in [0.717, 1.165) is 17.0 Å². The summed E-state index contributed by atoms with van der Waals surface area (Å²) in [6, 6.07) is 12.3. The van der Waals surface area contributed by atoms with Crippen molar-refractivity contribution in [2.45, 2.75) is 25.6 Å². The van der Waals surface area contributed by atoms with Crippen LogP contribution in [0.4, 0.5) is 19.0 Å². The molecule has 0 aliphatic carbocycles. The molecule has 0 aliphatic heterocycles. The minimum Gasteiger partial charge on any atom is -0.363 e. The van der Waals surface area contributed by atoms with Crippen LogP contribution in [-0.2, 0) is 12.6 Å². The average molecular weight is 360 g/mol. The Morgan fingerprint density at radius 1 is 1.04 bits per heavy atom. The summed E-state index contributed by atoms with van der Waals surface area (Å²) < 4.78 is 39.9. The molecule has 1 atom stereocenters. The van der Waals surface area contributed by atoms with E-state index in [1.807, 2.05) is 24.3 Å². The Bertz CT molecular complexity index is 909. The van der Waals surface area contributed by atoms with E-state index in [4.69, 9.17) is 5.73 Å². The second-order valence-corrected chi connectivity index (χ2v) is 6.00. The fraction of sp³-hybridized carbons (Fsp3) is 0.263. The van der Waals surface area contributed by atoms with Gasteiger partial charge in [-0.25, -0.2) is 9.97 Å². The molecular weight excluding hydrogens is 341 g/mol. The molecule has 4 nitrogen and oxygen atoms in total. The lowest BCUT2D eigenvalue weighted by Gasteiger charge is -2.21. The highest BCUT2D eigenvalue weighted by atomic mass is 19.4. The zero-order valence-corrected chi connectivity index (χ0v) is 14.2. The van der Waals surface area contributed by atoms with Crippen molar-refractivity contribution >= 4 is 16.7 Å². The molecule has 1 heterocycles. The third kappa shape index (κ3) is 3.77. The molecule has 0 radical (unpaired) electrons. The highest BCUT2D eigenvalue weighted by Crippen LogP contribution is 2.35. The SMILES string of the molecule is C[C@@H](Nc1nc(CCN)nc2ccccc12)c1ccccc1C(F)(F)F. The number of nitrogens with one attached hydrogen (secondary N) is 1. The first-order valence-electron chi connectivity index (χ1n) is 8.28. The van der Waals surface area contributed by atoms with Crippen LogP contribution >= 0.6 is 0 Å². The van der Waals surface area contributed by atoms with Crippen LogP contribution in [0.3, 0.4) is 0 Å². The number of aromatic nitrogens is 2. The van der Waals surface area contributed by atoms with Gasteiger partial charge in [-0.1, -0.05) is 30.3 Å². The van der Waals surface area contributed by atoms with Gasteiger partial charge in [0.05, 0.1) is 17.1 Å². The van der Waals surface area contributed by atoms with E-state index < -0.39 is 17.8 Å². The molecule has 0 saturated heterocycles. The number of hydrogen-bond acceptors (Lipinski definition) is 4. The van der Waals surface area contributed by atoms with Crippen LogP contribution in [0.2, 0.25) is 0 Å². The Morgan fingerprint density at radius 2 is 1.73 bits per heavy atom. The van der Waals surface area contributed by atoms with Gasteiger partial charge in [0.25, 0.3) is 0 Å². The van der Waals surface area contributed by atoms with Crippen LogP contribution in [0.1, 0.15) is 29.9 Å². The molecule has 0 saturated carbocycles. The lowest BCUT2D eigenvalue weighted by molar-refractivity contribution is -0.138. The molecule has 0 unspecified atom stereocenters. The summed E-state index contributed by atoms with van der Waals surface area (Å²) in [6.07, 6.45) is -3.92. The molecule has 26 heavy (non-hydrogen) atoms. The summed E-state index contributed by atoms with van der Waals surface area (Å²) in [7, 11) is 0. The number of halogens is 3. The maximum Gasteiger partial charge on any atom is 0.416 e. The number of fused-ring (bicyclic) bond motifs is 1. The predicted molar refractivity (Wildman–Crippen MR) is 95.8 cm³/mol. The molecule has 136 valence electrons. The van der Waals surface area contributed by atoms with Gasteiger partial charge in [-0.15, -0.1) is 0 Å². The summed E-state index contributed by atoms with van der Waals surface area (Å²) in [5, 5.41) is 3.87. The summed E-state index contributed by atoms with van der Waals surface area (Å²) >= 11 is 0. The van der Waals surface area contributed by atoms with E-state index in [9.17, 15) is 13.2 Å². The van der Waals surface area contributed by atoms with E-state index in [1.54, 1.807) is 13.0 Å². The number of rotatable bonds is 5. The van der Waals surface area contributed by atoms with E-state index in [2.05, 4.69) is 15.3 Å². The van der Waals surface area contributed by atoms with Crippen LogP contribution in [0.5, 0.6) is 0 Å². The summed E-state index contributed by atoms with van der Waals surface area (Å²) in [5.41, 5.74) is 5.83. The van der Waals surface area contributed by atoms with Crippen molar-refractivity contribution in [2.75, 3.05) is 11.9 Å². The van der Waals surface area contributed by atoms with Crippen molar-refractivity contribution in [1.29, 1.82) is 0 Å². The zero-order valence-electron chi connectivity index (χ0n) is 14.2. The fourth-order valence-electron chi connectivity index (χ4n) is 2.89. The Morgan fingerprint density at radius 3 is 2.46 bits per heavy atom. The second kappa shape index (κ2) is 7.29. The van der Waals surface area contributed by atoms with E-state index in [0.29, 0.717) is 24.6 Å². The monoisotopic (exact) mass is 360 g/mol. The smallest absolute Gasteiger partial charge is 0.363 e. The average Bonchev–Trinajstić information content (AvgIpc) is 2.61. The van der Waals surface area contributed by atoms with E-state index in [-0.39, 0.29) is 5.56 Å². The van der Waals surface area contributed by atoms with Gasteiger partial charge in [0.15, 0.2) is 0 Å². The van der Waals surface area contributed by atoms with Crippen molar-refractivity contribution in [3.63, 3.8) is 0 Å². The highest BCUT2D eigenvalue weighted by Gasteiger charge is 2.34. The lowest BCUT2D eigenvalue weighted by Crippen LogP contribution is -2.16. The van der Waals surface area contributed by atoms with Crippen molar-refractivity contribution in [1.82, 2.24) is 9.97 Å². The van der Waals surface area contributed by atoms with Gasteiger partial charge in [0.1, 0.15) is 11.6 Å². The molecule has 3 aromatic rings. The predicted octanol–water partition coefficient (Wildman–Crippen LogP) is 4.32. The van der Waals surface area contributed by atoms with Gasteiger partial charge in [-0.2, -0.15) is 13.2 Å². The van der Waals surface area contributed by atoms with Gasteiger partial charge < -0.3 is 11.1 Å². The molecule has 0 bridgehead atoms. The normalized spacial score (nSPS) is 13.0. The molecule has 3 rings (SSSR count). The molecule has 0 spiro atoms. The molecule has 0 fully saturated rings. The number of anilines is 1.